The van der Waals surface area contributed by atoms with Gasteiger partial charge in [0.1, 0.15) is 0 Å². The molecule has 4 N–H and O–H groups in total. The van der Waals surface area contributed by atoms with Gasteiger partial charge in [-0.15, -0.1) is 0 Å². The highest BCUT2D eigenvalue weighted by molar-refractivity contribution is 5.87. The maximum absolute atomic E-state index is 4.30. The van der Waals surface area contributed by atoms with Crippen LogP contribution in [0.4, 0.5) is 0 Å². The largest absolute Gasteiger partial charge is 0.307 e. The minimum Gasteiger partial charge on any atom is -0.307 e. The van der Waals surface area contributed by atoms with Crippen LogP contribution in [0.25, 0.3) is 0 Å². The van der Waals surface area contributed by atoms with Crippen molar-refractivity contribution in [1.82, 2.24) is 21.6 Å². The lowest BCUT2D eigenvalue weighted by Gasteiger charge is -2.25. The van der Waals surface area contributed by atoms with Crippen LogP contribution in [0.15, 0.2) is 10.1 Å². The van der Waals surface area contributed by atoms with Gasteiger partial charge in [-0.2, -0.15) is 5.10 Å². The molecule has 1 unspecified atom stereocenters. The van der Waals surface area contributed by atoms with Crippen LogP contribution >= 0.6 is 0 Å². The minimum absolute atomic E-state index is 0.0165. The van der Waals surface area contributed by atoms with E-state index in [1.807, 2.05) is 0 Å². The van der Waals surface area contributed by atoms with Crippen molar-refractivity contribution in [2.75, 3.05) is 19.6 Å². The first-order valence-electron chi connectivity index (χ1n) is 4.00. The van der Waals surface area contributed by atoms with E-state index < -0.39 is 0 Å². The Bertz CT molecular complexity index is 210. The molecule has 6 heteroatoms. The molecule has 12 heavy (non-hydrogen) atoms. The second-order valence-electron chi connectivity index (χ2n) is 2.60. The van der Waals surface area contributed by atoms with E-state index in [0.29, 0.717) is 0 Å². The standard InChI is InChI=1S/C6H12N6/c1-3-9-11-5(7-1)6-8-2-4-10-12-6/h3,5,7,10-11H,1-2,4H2,(H,8,12). The minimum atomic E-state index is 0.0165. The molecule has 0 bridgehead atoms. The van der Waals surface area contributed by atoms with E-state index in [1.165, 1.54) is 0 Å². The van der Waals surface area contributed by atoms with Crippen molar-refractivity contribution < 1.29 is 0 Å². The zero-order valence-corrected chi connectivity index (χ0v) is 6.67. The van der Waals surface area contributed by atoms with Crippen molar-refractivity contribution in [1.29, 1.82) is 0 Å². The zero-order valence-electron chi connectivity index (χ0n) is 6.67. The third-order valence-electron chi connectivity index (χ3n) is 1.72. The number of nitrogens with zero attached hydrogens (tertiary/aromatic N) is 2. The lowest BCUT2D eigenvalue weighted by Crippen LogP contribution is -2.58. The third kappa shape index (κ3) is 1.54. The van der Waals surface area contributed by atoms with Crippen molar-refractivity contribution >= 4 is 12.1 Å². The summed E-state index contributed by atoms with van der Waals surface area (Å²) < 4.78 is 0. The number of hydrogen-bond acceptors (Lipinski definition) is 6. The zero-order chi connectivity index (χ0) is 8.23. The lowest BCUT2D eigenvalue weighted by atomic mass is 10.4. The molecule has 2 rings (SSSR count). The van der Waals surface area contributed by atoms with E-state index in [4.69, 9.17) is 0 Å². The summed E-state index contributed by atoms with van der Waals surface area (Å²) in [6.07, 6.45) is 1.80. The molecule has 0 aromatic heterocycles. The second kappa shape index (κ2) is 3.51. The van der Waals surface area contributed by atoms with Gasteiger partial charge in [-0.3, -0.25) is 15.7 Å². The summed E-state index contributed by atoms with van der Waals surface area (Å²) >= 11 is 0. The maximum atomic E-state index is 4.30. The van der Waals surface area contributed by atoms with E-state index in [9.17, 15) is 0 Å². The fraction of sp³-hybridized carbons (Fsp3) is 0.667. The molecule has 66 valence electrons. The molecular formula is C6H12N6. The average molecular weight is 168 g/mol. The van der Waals surface area contributed by atoms with Crippen molar-refractivity contribution in [2.24, 2.45) is 10.1 Å². The van der Waals surface area contributed by atoms with Gasteiger partial charge in [0, 0.05) is 19.3 Å². The van der Waals surface area contributed by atoms with Crippen molar-refractivity contribution in [2.45, 2.75) is 6.17 Å². The molecule has 0 spiro atoms. The number of aliphatic imine (C=N–C) groups is 1. The van der Waals surface area contributed by atoms with Crippen LogP contribution in [0.5, 0.6) is 0 Å². The predicted molar refractivity (Wildman–Crippen MR) is 46.9 cm³/mol. The van der Waals surface area contributed by atoms with Gasteiger partial charge in [-0.1, -0.05) is 0 Å². The molecule has 2 aliphatic rings. The van der Waals surface area contributed by atoms with Crippen LogP contribution < -0.4 is 21.6 Å². The first kappa shape index (κ1) is 7.51. The van der Waals surface area contributed by atoms with Gasteiger partial charge in [0.05, 0.1) is 6.54 Å². The van der Waals surface area contributed by atoms with Gasteiger partial charge >= 0.3 is 0 Å². The first-order chi connectivity index (χ1) is 5.97. The Kier molecular flexibility index (Phi) is 2.19. The topological polar surface area (TPSA) is 72.8 Å². The number of nitrogens with one attached hydrogen (secondary N) is 4. The van der Waals surface area contributed by atoms with Gasteiger partial charge in [-0.25, -0.2) is 5.43 Å². The SMILES string of the molecule is C1=NNC(C2=NCCNN2)NC1. The van der Waals surface area contributed by atoms with Gasteiger partial charge in [0.15, 0.2) is 12.0 Å². The molecule has 0 saturated carbocycles. The van der Waals surface area contributed by atoms with Crippen LogP contribution in [0.3, 0.4) is 0 Å². The summed E-state index contributed by atoms with van der Waals surface area (Å²) in [5.74, 6) is 0.873. The number of hydrazone groups is 1. The van der Waals surface area contributed by atoms with Gasteiger partial charge in [-0.05, 0) is 0 Å². The maximum Gasteiger partial charge on any atom is 0.153 e. The summed E-state index contributed by atoms with van der Waals surface area (Å²) in [7, 11) is 0. The lowest BCUT2D eigenvalue weighted by molar-refractivity contribution is 0.504. The average Bonchev–Trinajstić information content (AvgIpc) is 2.21. The fourth-order valence-corrected chi connectivity index (χ4v) is 1.14. The highest BCUT2D eigenvalue weighted by Gasteiger charge is 2.17. The number of hydrogen-bond donors (Lipinski definition) is 4. The molecular weight excluding hydrogens is 156 g/mol. The van der Waals surface area contributed by atoms with E-state index >= 15 is 0 Å². The Morgan fingerprint density at radius 2 is 2.50 bits per heavy atom. The molecule has 0 aromatic rings. The molecule has 0 amide bonds. The Labute approximate surface area is 70.5 Å². The Hall–Kier alpha value is -1.14. The van der Waals surface area contributed by atoms with Crippen molar-refractivity contribution in [3.63, 3.8) is 0 Å². The molecule has 1 atom stereocenters. The Morgan fingerprint density at radius 1 is 1.50 bits per heavy atom. The highest BCUT2D eigenvalue weighted by Crippen LogP contribution is 1.88. The fourth-order valence-electron chi connectivity index (χ4n) is 1.14. The summed E-state index contributed by atoms with van der Waals surface area (Å²) in [6.45, 7) is 2.46. The molecule has 0 aromatic carbocycles. The van der Waals surface area contributed by atoms with E-state index in [-0.39, 0.29) is 6.17 Å². The van der Waals surface area contributed by atoms with E-state index in [1.54, 1.807) is 6.21 Å². The summed E-state index contributed by atoms with van der Waals surface area (Å²) in [4.78, 5) is 4.30. The molecule has 0 aliphatic carbocycles. The summed E-state index contributed by atoms with van der Waals surface area (Å²) in [5.41, 5.74) is 8.92. The second-order valence-corrected chi connectivity index (χ2v) is 2.60. The monoisotopic (exact) mass is 168 g/mol. The van der Waals surface area contributed by atoms with Gasteiger partial charge < -0.3 is 5.43 Å². The van der Waals surface area contributed by atoms with Crippen LogP contribution in [0.1, 0.15) is 0 Å². The Balaban J connectivity index is 1.98. The van der Waals surface area contributed by atoms with Crippen LogP contribution in [0, 0.1) is 0 Å². The number of rotatable bonds is 1. The molecule has 2 aliphatic heterocycles. The Morgan fingerprint density at radius 3 is 3.17 bits per heavy atom. The first-order valence-corrected chi connectivity index (χ1v) is 4.00. The van der Waals surface area contributed by atoms with E-state index in [2.05, 4.69) is 31.7 Å². The van der Waals surface area contributed by atoms with Crippen LogP contribution in [-0.4, -0.2) is 37.9 Å². The number of hydrazine groups is 1. The van der Waals surface area contributed by atoms with Crippen LogP contribution in [0.2, 0.25) is 0 Å². The van der Waals surface area contributed by atoms with Crippen molar-refractivity contribution in [3.05, 3.63) is 0 Å². The van der Waals surface area contributed by atoms with E-state index in [0.717, 1.165) is 25.5 Å². The smallest absolute Gasteiger partial charge is 0.153 e. The normalized spacial score (nSPS) is 28.7. The summed E-state index contributed by atoms with van der Waals surface area (Å²) in [6, 6.07) is 0. The van der Waals surface area contributed by atoms with Gasteiger partial charge in [0.2, 0.25) is 0 Å². The molecule has 0 fully saturated rings. The van der Waals surface area contributed by atoms with Gasteiger partial charge in [0.25, 0.3) is 0 Å². The van der Waals surface area contributed by atoms with Crippen LogP contribution in [-0.2, 0) is 0 Å². The summed E-state index contributed by atoms with van der Waals surface area (Å²) in [5, 5.41) is 7.14. The quantitative estimate of drug-likeness (QED) is 0.365. The molecule has 0 saturated heterocycles. The third-order valence-corrected chi connectivity index (χ3v) is 1.72. The number of amidine groups is 1. The molecule has 0 radical (unpaired) electrons. The predicted octanol–water partition coefficient (Wildman–Crippen LogP) is -2.00. The molecule has 2 heterocycles. The highest BCUT2D eigenvalue weighted by atomic mass is 15.5. The van der Waals surface area contributed by atoms with Crippen molar-refractivity contribution in [3.8, 4) is 0 Å². The molecule has 6 nitrogen and oxygen atoms in total.